The van der Waals surface area contributed by atoms with Crippen molar-refractivity contribution in [3.05, 3.63) is 63.6 Å². The summed E-state index contributed by atoms with van der Waals surface area (Å²) in [6, 6.07) is 15.2. The van der Waals surface area contributed by atoms with Crippen LogP contribution in [0.4, 0.5) is 5.69 Å². The van der Waals surface area contributed by atoms with E-state index in [1.54, 1.807) is 6.07 Å². The second-order valence-electron chi connectivity index (χ2n) is 11.5. The molecule has 1 amide bonds. The fourth-order valence-electron chi connectivity index (χ4n) is 5.43. The maximum atomic E-state index is 13.2. The summed E-state index contributed by atoms with van der Waals surface area (Å²) in [5.41, 5.74) is 3.06. The van der Waals surface area contributed by atoms with Gasteiger partial charge >= 0.3 is 0 Å². The molecular formula is C29H40Cl2N4O. The Morgan fingerprint density at radius 2 is 1.78 bits per heavy atom. The van der Waals surface area contributed by atoms with E-state index in [2.05, 4.69) is 53.2 Å². The Morgan fingerprint density at radius 1 is 1.06 bits per heavy atom. The summed E-state index contributed by atoms with van der Waals surface area (Å²) in [7, 11) is 0. The first-order valence-electron chi connectivity index (χ1n) is 13.1. The molecule has 36 heavy (non-hydrogen) atoms. The number of carbonyl (C=O) groups excluding carboxylic acids is 1. The summed E-state index contributed by atoms with van der Waals surface area (Å²) in [6.07, 6.45) is 0. The summed E-state index contributed by atoms with van der Waals surface area (Å²) >= 11 is 12.8. The third-order valence-corrected chi connectivity index (χ3v) is 7.98. The molecule has 1 N–H and O–H groups in total. The molecule has 2 heterocycles. The number of nitrogens with zero attached hydrogens (tertiary/aromatic N) is 3. The Hall–Kier alpha value is -1.79. The Bertz CT molecular complexity index is 1050. The standard InChI is InChI=1S/C29H40Cl2N4O/c1-20(2)26-17-32-12-13-33(26)18-21-6-8-22(9-7-21)27-19-34(28(36)29(3,4)5)14-15-35(27)25-11-10-23(30)16-24(25)31/h6-11,16,20,26-27,32H,12-15,17-19H2,1-5H3/t26-,27-/m0/s1. The number of hydrogen-bond donors (Lipinski definition) is 1. The van der Waals surface area contributed by atoms with Crippen molar-refractivity contribution >= 4 is 34.8 Å². The quantitative estimate of drug-likeness (QED) is 0.525. The minimum Gasteiger partial charge on any atom is -0.360 e. The number of rotatable bonds is 5. The lowest BCUT2D eigenvalue weighted by Gasteiger charge is -2.45. The molecule has 0 aromatic heterocycles. The average molecular weight is 532 g/mol. The van der Waals surface area contributed by atoms with Crippen molar-refractivity contribution in [2.45, 2.75) is 53.2 Å². The highest BCUT2D eigenvalue weighted by molar-refractivity contribution is 6.36. The molecule has 4 rings (SSSR count). The second kappa shape index (κ2) is 11.3. The molecular weight excluding hydrogens is 491 g/mol. The number of hydrogen-bond acceptors (Lipinski definition) is 4. The SMILES string of the molecule is CC(C)[C@@H]1CNCCN1Cc1ccc([C@@H]2CN(C(=O)C(C)(C)C)CCN2c2ccc(Cl)cc2Cl)cc1. The van der Waals surface area contributed by atoms with Crippen LogP contribution in [0.15, 0.2) is 42.5 Å². The summed E-state index contributed by atoms with van der Waals surface area (Å²) in [5, 5.41) is 4.80. The predicted molar refractivity (Wildman–Crippen MR) is 151 cm³/mol. The summed E-state index contributed by atoms with van der Waals surface area (Å²) in [4.78, 5) is 20.1. The number of anilines is 1. The molecule has 0 bridgehead atoms. The van der Waals surface area contributed by atoms with Crippen molar-refractivity contribution in [3.63, 3.8) is 0 Å². The Kier molecular flexibility index (Phi) is 8.56. The average Bonchev–Trinajstić information content (AvgIpc) is 2.83. The molecule has 0 radical (unpaired) electrons. The number of amides is 1. The molecule has 2 fully saturated rings. The van der Waals surface area contributed by atoms with Gasteiger partial charge in [0, 0.05) is 62.3 Å². The van der Waals surface area contributed by atoms with Gasteiger partial charge in [-0.15, -0.1) is 0 Å². The first kappa shape index (κ1) is 27.3. The predicted octanol–water partition coefficient (Wildman–Crippen LogP) is 5.86. The van der Waals surface area contributed by atoms with E-state index in [4.69, 9.17) is 23.2 Å². The maximum Gasteiger partial charge on any atom is 0.228 e. The zero-order valence-electron chi connectivity index (χ0n) is 22.2. The molecule has 7 heteroatoms. The first-order chi connectivity index (χ1) is 17.0. The monoisotopic (exact) mass is 530 g/mol. The fraction of sp³-hybridized carbons (Fsp3) is 0.552. The van der Waals surface area contributed by atoms with Gasteiger partial charge in [0.25, 0.3) is 0 Å². The maximum absolute atomic E-state index is 13.2. The van der Waals surface area contributed by atoms with Crippen LogP contribution in [0.5, 0.6) is 0 Å². The third kappa shape index (κ3) is 6.19. The molecule has 2 aromatic rings. The topological polar surface area (TPSA) is 38.8 Å². The van der Waals surface area contributed by atoms with E-state index < -0.39 is 5.41 Å². The van der Waals surface area contributed by atoms with Crippen LogP contribution in [0.2, 0.25) is 10.0 Å². The Labute approximate surface area is 226 Å². The van der Waals surface area contributed by atoms with Crippen molar-refractivity contribution in [1.82, 2.24) is 15.1 Å². The number of benzene rings is 2. The summed E-state index contributed by atoms with van der Waals surface area (Å²) in [5.74, 6) is 0.799. The molecule has 2 saturated heterocycles. The minimum absolute atomic E-state index is 0.0142. The zero-order valence-corrected chi connectivity index (χ0v) is 23.7. The lowest BCUT2D eigenvalue weighted by atomic mass is 9.92. The van der Waals surface area contributed by atoms with Gasteiger partial charge in [0.15, 0.2) is 0 Å². The number of piperazine rings is 2. The van der Waals surface area contributed by atoms with Gasteiger partial charge in [-0.05, 0) is 35.2 Å². The van der Waals surface area contributed by atoms with Crippen molar-refractivity contribution in [3.8, 4) is 0 Å². The van der Waals surface area contributed by atoms with Crippen LogP contribution in [0.1, 0.15) is 51.8 Å². The van der Waals surface area contributed by atoms with E-state index in [0.29, 0.717) is 41.6 Å². The highest BCUT2D eigenvalue weighted by Gasteiger charge is 2.35. The fourth-order valence-corrected chi connectivity index (χ4v) is 5.95. The third-order valence-electron chi connectivity index (χ3n) is 7.45. The smallest absolute Gasteiger partial charge is 0.228 e. The lowest BCUT2D eigenvalue weighted by molar-refractivity contribution is -0.140. The van der Waals surface area contributed by atoms with E-state index in [9.17, 15) is 4.79 Å². The highest BCUT2D eigenvalue weighted by atomic mass is 35.5. The highest BCUT2D eigenvalue weighted by Crippen LogP contribution is 2.37. The van der Waals surface area contributed by atoms with Crippen LogP contribution in [0.25, 0.3) is 0 Å². The van der Waals surface area contributed by atoms with E-state index >= 15 is 0 Å². The first-order valence-corrected chi connectivity index (χ1v) is 13.8. The van der Waals surface area contributed by atoms with Crippen LogP contribution in [0, 0.1) is 11.3 Å². The van der Waals surface area contributed by atoms with Crippen LogP contribution in [-0.2, 0) is 11.3 Å². The van der Waals surface area contributed by atoms with Gasteiger partial charge in [0.1, 0.15) is 0 Å². The number of halogens is 2. The second-order valence-corrected chi connectivity index (χ2v) is 12.4. The van der Waals surface area contributed by atoms with Gasteiger partial charge in [-0.25, -0.2) is 0 Å². The van der Waals surface area contributed by atoms with Gasteiger partial charge in [-0.3, -0.25) is 9.69 Å². The van der Waals surface area contributed by atoms with Crippen molar-refractivity contribution in [1.29, 1.82) is 0 Å². The van der Waals surface area contributed by atoms with Crippen LogP contribution >= 0.6 is 23.2 Å². The Balaban J connectivity index is 1.59. The van der Waals surface area contributed by atoms with Crippen LogP contribution in [0.3, 0.4) is 0 Å². The van der Waals surface area contributed by atoms with Crippen molar-refractivity contribution in [2.75, 3.05) is 44.2 Å². The molecule has 196 valence electrons. The minimum atomic E-state index is -0.412. The molecule has 5 nitrogen and oxygen atoms in total. The number of carbonyl (C=O) groups is 1. The van der Waals surface area contributed by atoms with Crippen molar-refractivity contribution in [2.24, 2.45) is 11.3 Å². The largest absolute Gasteiger partial charge is 0.360 e. The van der Waals surface area contributed by atoms with Gasteiger partial charge in [-0.1, -0.05) is 82.1 Å². The lowest BCUT2D eigenvalue weighted by Crippen LogP contribution is -2.53. The van der Waals surface area contributed by atoms with E-state index in [1.165, 1.54) is 11.1 Å². The van der Waals surface area contributed by atoms with Crippen LogP contribution in [-0.4, -0.2) is 61.0 Å². The Morgan fingerprint density at radius 3 is 2.42 bits per heavy atom. The van der Waals surface area contributed by atoms with E-state index in [1.807, 2.05) is 37.8 Å². The molecule has 2 aliphatic heterocycles. The summed E-state index contributed by atoms with van der Waals surface area (Å²) in [6.45, 7) is 16.7. The molecule has 0 saturated carbocycles. The summed E-state index contributed by atoms with van der Waals surface area (Å²) < 4.78 is 0. The molecule has 0 spiro atoms. The van der Waals surface area contributed by atoms with E-state index in [0.717, 1.165) is 31.9 Å². The number of nitrogens with one attached hydrogen (secondary N) is 1. The zero-order chi connectivity index (χ0) is 26.0. The molecule has 0 unspecified atom stereocenters. The molecule has 0 aliphatic carbocycles. The molecule has 2 aromatic carbocycles. The van der Waals surface area contributed by atoms with Crippen molar-refractivity contribution < 1.29 is 4.79 Å². The van der Waals surface area contributed by atoms with E-state index in [-0.39, 0.29) is 11.9 Å². The molecule has 2 atom stereocenters. The molecule has 2 aliphatic rings. The van der Waals surface area contributed by atoms with Gasteiger partial charge in [0.05, 0.1) is 16.8 Å². The van der Waals surface area contributed by atoms with Crippen LogP contribution < -0.4 is 10.2 Å². The normalized spacial score (nSPS) is 21.8. The van der Waals surface area contributed by atoms with Gasteiger partial charge < -0.3 is 15.1 Å². The van der Waals surface area contributed by atoms with Gasteiger partial charge in [-0.2, -0.15) is 0 Å². The van der Waals surface area contributed by atoms with Gasteiger partial charge in [0.2, 0.25) is 5.91 Å².